The van der Waals surface area contributed by atoms with Crippen LogP contribution in [0, 0.1) is 25.2 Å². The first-order chi connectivity index (χ1) is 12.1. The molecule has 0 N–H and O–H groups in total. The highest BCUT2D eigenvalue weighted by Gasteiger charge is 2.18. The van der Waals surface area contributed by atoms with Crippen molar-refractivity contribution in [2.45, 2.75) is 33.2 Å². The number of nitrogens with zero attached hydrogens (tertiary/aromatic N) is 3. The highest BCUT2D eigenvalue weighted by molar-refractivity contribution is 7.19. The van der Waals surface area contributed by atoms with Crippen LogP contribution in [-0.2, 0) is 6.54 Å². The molecule has 25 heavy (non-hydrogen) atoms. The van der Waals surface area contributed by atoms with Crippen LogP contribution < -0.4 is 10.3 Å². The Morgan fingerprint density at radius 2 is 2.16 bits per heavy atom. The number of methoxy groups -OCH3 is 1. The van der Waals surface area contributed by atoms with E-state index < -0.39 is 0 Å². The molecule has 1 aromatic carbocycles. The molecule has 0 spiro atoms. The van der Waals surface area contributed by atoms with Gasteiger partial charge in [0.05, 0.1) is 18.6 Å². The van der Waals surface area contributed by atoms with Gasteiger partial charge in [-0.05, 0) is 38.0 Å². The Hall–Kier alpha value is -2.65. The van der Waals surface area contributed by atoms with Gasteiger partial charge in [-0.1, -0.05) is 12.1 Å². The van der Waals surface area contributed by atoms with Crippen molar-refractivity contribution in [2.75, 3.05) is 7.11 Å². The highest BCUT2D eigenvalue weighted by atomic mass is 32.1. The second-order valence-electron chi connectivity index (χ2n) is 5.82. The van der Waals surface area contributed by atoms with Gasteiger partial charge in [0.2, 0.25) is 0 Å². The van der Waals surface area contributed by atoms with Crippen LogP contribution in [0.5, 0.6) is 5.75 Å². The van der Waals surface area contributed by atoms with Gasteiger partial charge in [-0.15, -0.1) is 11.3 Å². The summed E-state index contributed by atoms with van der Waals surface area (Å²) >= 11 is 1.53. The quantitative estimate of drug-likeness (QED) is 0.649. The third-order valence-electron chi connectivity index (χ3n) is 4.21. The Morgan fingerprint density at radius 3 is 2.88 bits per heavy atom. The number of ether oxygens (including phenoxy) is 1. The number of hydrogen-bond donors (Lipinski definition) is 0. The van der Waals surface area contributed by atoms with E-state index in [1.54, 1.807) is 11.7 Å². The predicted molar refractivity (Wildman–Crippen MR) is 100 cm³/mol. The summed E-state index contributed by atoms with van der Waals surface area (Å²) in [7, 11) is 1.63. The van der Waals surface area contributed by atoms with E-state index in [1.807, 2.05) is 38.1 Å². The Bertz CT molecular complexity index is 1030. The van der Waals surface area contributed by atoms with Crippen LogP contribution in [0.3, 0.4) is 0 Å². The third kappa shape index (κ3) is 3.15. The van der Waals surface area contributed by atoms with Gasteiger partial charge in [-0.25, -0.2) is 4.98 Å². The molecule has 0 aliphatic carbocycles. The Balaban J connectivity index is 2.22. The molecule has 128 valence electrons. The lowest BCUT2D eigenvalue weighted by atomic mass is 10.0. The minimum Gasteiger partial charge on any atom is -0.497 e. The van der Waals surface area contributed by atoms with Crippen LogP contribution in [0.2, 0.25) is 0 Å². The average Bonchev–Trinajstić information content (AvgIpc) is 2.93. The lowest BCUT2D eigenvalue weighted by Gasteiger charge is -2.09. The van der Waals surface area contributed by atoms with E-state index in [2.05, 4.69) is 11.1 Å². The Morgan fingerprint density at radius 1 is 1.36 bits per heavy atom. The van der Waals surface area contributed by atoms with Gasteiger partial charge in [0, 0.05) is 23.4 Å². The molecule has 6 heteroatoms. The van der Waals surface area contributed by atoms with Crippen LogP contribution >= 0.6 is 11.3 Å². The smallest absolute Gasteiger partial charge is 0.262 e. The summed E-state index contributed by atoms with van der Waals surface area (Å²) in [6, 6.07) is 9.85. The minimum absolute atomic E-state index is 0.0393. The number of rotatable bonds is 5. The fourth-order valence-corrected chi connectivity index (χ4v) is 4.08. The molecule has 0 aliphatic heterocycles. The fraction of sp³-hybridized carbons (Fsp3) is 0.316. The van der Waals surface area contributed by atoms with Gasteiger partial charge < -0.3 is 4.74 Å². The summed E-state index contributed by atoms with van der Waals surface area (Å²) in [6.07, 6.45) is 1.07. The van der Waals surface area contributed by atoms with Crippen molar-refractivity contribution in [3.05, 3.63) is 45.3 Å². The summed E-state index contributed by atoms with van der Waals surface area (Å²) in [5.41, 5.74) is 1.84. The molecule has 0 bridgehead atoms. The van der Waals surface area contributed by atoms with E-state index in [0.29, 0.717) is 30.6 Å². The number of nitriles is 1. The predicted octanol–water partition coefficient (Wildman–Crippen LogP) is 4.05. The molecule has 0 unspecified atom stereocenters. The molecular formula is C19H19N3O2S. The Labute approximate surface area is 150 Å². The fourth-order valence-electron chi connectivity index (χ4n) is 3.00. The van der Waals surface area contributed by atoms with Crippen LogP contribution in [0.1, 0.15) is 23.5 Å². The van der Waals surface area contributed by atoms with Crippen molar-refractivity contribution in [1.29, 1.82) is 5.26 Å². The molecule has 3 rings (SSSR count). The van der Waals surface area contributed by atoms with E-state index >= 15 is 0 Å². The second-order valence-corrected chi connectivity index (χ2v) is 7.03. The molecule has 3 aromatic rings. The number of benzene rings is 1. The molecule has 5 nitrogen and oxygen atoms in total. The molecule has 0 aliphatic rings. The van der Waals surface area contributed by atoms with Gasteiger partial charge in [0.1, 0.15) is 16.4 Å². The maximum atomic E-state index is 13.1. The van der Waals surface area contributed by atoms with E-state index in [4.69, 9.17) is 10.00 Å². The standard InChI is InChI=1S/C19H19N3O2S/c1-12-16(14-7-6-8-15(11-14)24-3)17-18(25-12)21-13(2)22(19(17)23)10-5-4-9-20/h6-8,11H,4-5,10H2,1-3H3. The Kier molecular flexibility index (Phi) is 4.86. The number of aromatic nitrogens is 2. The first-order valence-electron chi connectivity index (χ1n) is 8.08. The van der Waals surface area contributed by atoms with Crippen molar-refractivity contribution >= 4 is 21.6 Å². The van der Waals surface area contributed by atoms with Crippen LogP contribution in [-0.4, -0.2) is 16.7 Å². The first kappa shape index (κ1) is 17.2. The molecule has 0 atom stereocenters. The van der Waals surface area contributed by atoms with Gasteiger partial charge in [0.25, 0.3) is 5.56 Å². The van der Waals surface area contributed by atoms with Crippen molar-refractivity contribution in [1.82, 2.24) is 9.55 Å². The number of fused-ring (bicyclic) bond motifs is 1. The first-order valence-corrected chi connectivity index (χ1v) is 8.90. The molecule has 2 heterocycles. The number of hydrogen-bond acceptors (Lipinski definition) is 5. The molecule has 0 radical (unpaired) electrons. The molecule has 0 amide bonds. The van der Waals surface area contributed by atoms with E-state index in [0.717, 1.165) is 26.6 Å². The lowest BCUT2D eigenvalue weighted by Crippen LogP contribution is -2.23. The van der Waals surface area contributed by atoms with Crippen molar-refractivity contribution < 1.29 is 4.74 Å². The second kappa shape index (κ2) is 7.08. The van der Waals surface area contributed by atoms with Crippen LogP contribution in [0.4, 0.5) is 0 Å². The largest absolute Gasteiger partial charge is 0.497 e. The van der Waals surface area contributed by atoms with Gasteiger partial charge in [-0.3, -0.25) is 9.36 Å². The minimum atomic E-state index is -0.0393. The number of thiophene rings is 1. The third-order valence-corrected chi connectivity index (χ3v) is 5.21. The topological polar surface area (TPSA) is 67.9 Å². The maximum Gasteiger partial charge on any atom is 0.262 e. The maximum absolute atomic E-state index is 13.1. The summed E-state index contributed by atoms with van der Waals surface area (Å²) < 4.78 is 6.99. The summed E-state index contributed by atoms with van der Waals surface area (Å²) in [6.45, 7) is 4.36. The van der Waals surface area contributed by atoms with E-state index in [1.165, 1.54) is 11.3 Å². The zero-order valence-electron chi connectivity index (χ0n) is 14.5. The van der Waals surface area contributed by atoms with Gasteiger partial charge >= 0.3 is 0 Å². The number of aryl methyl sites for hydroxylation is 2. The van der Waals surface area contributed by atoms with Crippen molar-refractivity contribution in [3.8, 4) is 22.9 Å². The van der Waals surface area contributed by atoms with Crippen LogP contribution in [0.25, 0.3) is 21.3 Å². The monoisotopic (exact) mass is 353 g/mol. The number of unbranched alkanes of at least 4 members (excludes halogenated alkanes) is 1. The summed E-state index contributed by atoms with van der Waals surface area (Å²) in [5.74, 6) is 1.44. The molecule has 0 fully saturated rings. The normalized spacial score (nSPS) is 10.8. The van der Waals surface area contributed by atoms with Crippen molar-refractivity contribution in [2.24, 2.45) is 0 Å². The van der Waals surface area contributed by atoms with E-state index in [9.17, 15) is 4.79 Å². The molecule has 2 aromatic heterocycles. The summed E-state index contributed by atoms with van der Waals surface area (Å²) in [5, 5.41) is 9.39. The molecule has 0 saturated carbocycles. The molecule has 0 saturated heterocycles. The molecular weight excluding hydrogens is 334 g/mol. The summed E-state index contributed by atoms with van der Waals surface area (Å²) in [4.78, 5) is 19.6. The highest BCUT2D eigenvalue weighted by Crippen LogP contribution is 2.36. The SMILES string of the molecule is COc1cccc(-c2c(C)sc3nc(C)n(CCCC#N)c(=O)c23)c1. The average molecular weight is 353 g/mol. The zero-order valence-corrected chi connectivity index (χ0v) is 15.3. The zero-order chi connectivity index (χ0) is 18.0. The lowest BCUT2D eigenvalue weighted by molar-refractivity contribution is 0.415. The van der Waals surface area contributed by atoms with E-state index in [-0.39, 0.29) is 5.56 Å². The van der Waals surface area contributed by atoms with Crippen molar-refractivity contribution in [3.63, 3.8) is 0 Å². The van der Waals surface area contributed by atoms with Crippen LogP contribution in [0.15, 0.2) is 29.1 Å². The van der Waals surface area contributed by atoms with Gasteiger partial charge in [-0.2, -0.15) is 5.26 Å². The van der Waals surface area contributed by atoms with Gasteiger partial charge in [0.15, 0.2) is 0 Å².